The van der Waals surface area contributed by atoms with Crippen molar-refractivity contribution in [3.63, 3.8) is 0 Å². The van der Waals surface area contributed by atoms with Crippen molar-refractivity contribution in [2.24, 2.45) is 0 Å². The van der Waals surface area contributed by atoms with Gasteiger partial charge in [0.2, 0.25) is 0 Å². The number of nitrogens with two attached hydrogens (primary N) is 1. The molecular formula is C21H22N3O2S2+. The van der Waals surface area contributed by atoms with Gasteiger partial charge in [-0.15, -0.1) is 22.7 Å². The lowest BCUT2D eigenvalue weighted by atomic mass is 10.1. The van der Waals surface area contributed by atoms with E-state index >= 15 is 0 Å². The number of H-pyrrole nitrogens is 1. The Morgan fingerprint density at radius 2 is 2.07 bits per heavy atom. The summed E-state index contributed by atoms with van der Waals surface area (Å²) >= 11 is 3.17. The second-order valence-electron chi connectivity index (χ2n) is 6.63. The summed E-state index contributed by atoms with van der Waals surface area (Å²) < 4.78 is 5.41. The molecule has 3 heterocycles. The summed E-state index contributed by atoms with van der Waals surface area (Å²) in [6, 6.07) is 12.2. The summed E-state index contributed by atoms with van der Waals surface area (Å²) in [5.74, 6) is 1.63. The van der Waals surface area contributed by atoms with Gasteiger partial charge in [0.1, 0.15) is 16.6 Å². The molecule has 0 aliphatic rings. The van der Waals surface area contributed by atoms with E-state index in [1.54, 1.807) is 18.4 Å². The number of rotatable bonds is 7. The molecule has 5 nitrogen and oxygen atoms in total. The number of aromatic nitrogens is 2. The summed E-state index contributed by atoms with van der Waals surface area (Å²) in [6.45, 7) is 2.95. The Morgan fingerprint density at radius 1 is 1.21 bits per heavy atom. The van der Waals surface area contributed by atoms with E-state index in [-0.39, 0.29) is 11.6 Å². The number of nitrogens with one attached hydrogen (secondary N) is 1. The van der Waals surface area contributed by atoms with Gasteiger partial charge in [-0.3, -0.25) is 4.79 Å². The molecule has 4 aromatic rings. The van der Waals surface area contributed by atoms with Crippen LogP contribution < -0.4 is 15.6 Å². The maximum Gasteiger partial charge on any atom is 0.260 e. The Labute approximate surface area is 171 Å². The topological polar surface area (TPSA) is 71.6 Å². The molecule has 0 amide bonds. The fraction of sp³-hybridized carbons (Fsp3) is 0.238. The number of aromatic amines is 1. The largest absolute Gasteiger partial charge is 0.496 e. The van der Waals surface area contributed by atoms with Gasteiger partial charge in [0, 0.05) is 22.2 Å². The van der Waals surface area contributed by atoms with Gasteiger partial charge < -0.3 is 15.0 Å². The van der Waals surface area contributed by atoms with E-state index in [0.29, 0.717) is 5.39 Å². The lowest BCUT2D eigenvalue weighted by Crippen LogP contribution is -2.85. The standard InChI is InChI=1S/C21H21N3O2S2/c1-13(22-10-9-14-6-3-4-7-16(14)26-2)19-23-20(25)18-15(12-28-21(18)24-19)17-8-5-11-27-17/h3-8,11-13,22H,9-10H2,1-2H3,(H,23,24,25)/p+1/t13-/m1/s1. The molecule has 0 fully saturated rings. The van der Waals surface area contributed by atoms with Crippen molar-refractivity contribution >= 4 is 32.9 Å². The maximum atomic E-state index is 12.7. The quantitative estimate of drug-likeness (QED) is 0.487. The summed E-state index contributed by atoms with van der Waals surface area (Å²) in [7, 11) is 1.69. The predicted molar refractivity (Wildman–Crippen MR) is 115 cm³/mol. The Bertz CT molecular complexity index is 1130. The van der Waals surface area contributed by atoms with Crippen LogP contribution in [0.5, 0.6) is 5.75 Å². The molecule has 0 aliphatic heterocycles. The first-order valence-corrected chi connectivity index (χ1v) is 10.9. The highest BCUT2D eigenvalue weighted by Crippen LogP contribution is 2.33. The first kappa shape index (κ1) is 18.9. The van der Waals surface area contributed by atoms with Crippen LogP contribution in [0.4, 0.5) is 0 Å². The minimum Gasteiger partial charge on any atom is -0.496 e. The Kier molecular flexibility index (Phi) is 5.57. The first-order valence-electron chi connectivity index (χ1n) is 9.18. The van der Waals surface area contributed by atoms with Gasteiger partial charge >= 0.3 is 0 Å². The average molecular weight is 413 g/mol. The van der Waals surface area contributed by atoms with E-state index in [1.807, 2.05) is 41.1 Å². The van der Waals surface area contributed by atoms with Crippen LogP contribution in [0.3, 0.4) is 0 Å². The number of fused-ring (bicyclic) bond motifs is 1. The second-order valence-corrected chi connectivity index (χ2v) is 8.44. The minimum absolute atomic E-state index is 0.0605. The van der Waals surface area contributed by atoms with E-state index in [9.17, 15) is 4.79 Å². The van der Waals surface area contributed by atoms with Gasteiger partial charge in [0.15, 0.2) is 5.82 Å². The minimum atomic E-state index is -0.0605. The van der Waals surface area contributed by atoms with Crippen LogP contribution in [0, 0.1) is 0 Å². The van der Waals surface area contributed by atoms with Gasteiger partial charge in [0.05, 0.1) is 19.0 Å². The Morgan fingerprint density at radius 3 is 2.86 bits per heavy atom. The lowest BCUT2D eigenvalue weighted by Gasteiger charge is -2.11. The molecule has 4 rings (SSSR count). The molecule has 0 spiro atoms. The molecule has 28 heavy (non-hydrogen) atoms. The van der Waals surface area contributed by atoms with Crippen molar-refractivity contribution in [2.75, 3.05) is 13.7 Å². The zero-order valence-electron chi connectivity index (χ0n) is 15.8. The Hall–Kier alpha value is -2.48. The monoisotopic (exact) mass is 412 g/mol. The van der Waals surface area contributed by atoms with Crippen LogP contribution in [0.1, 0.15) is 24.4 Å². The summed E-state index contributed by atoms with van der Waals surface area (Å²) in [6.07, 6.45) is 0.891. The lowest BCUT2D eigenvalue weighted by molar-refractivity contribution is -0.693. The van der Waals surface area contributed by atoms with Gasteiger partial charge in [-0.1, -0.05) is 24.3 Å². The van der Waals surface area contributed by atoms with E-state index in [2.05, 4.69) is 23.3 Å². The van der Waals surface area contributed by atoms with Crippen molar-refractivity contribution < 1.29 is 10.1 Å². The third-order valence-electron chi connectivity index (χ3n) is 4.81. The molecule has 3 N–H and O–H groups in total. The highest BCUT2D eigenvalue weighted by Gasteiger charge is 2.18. The van der Waals surface area contributed by atoms with Crippen molar-refractivity contribution in [3.05, 3.63) is 68.9 Å². The molecule has 0 saturated carbocycles. The van der Waals surface area contributed by atoms with Gasteiger partial charge in [-0.05, 0) is 30.0 Å². The molecule has 0 radical (unpaired) electrons. The molecule has 0 bridgehead atoms. The Balaban J connectivity index is 1.50. The average Bonchev–Trinajstić information content (AvgIpc) is 3.37. The summed E-state index contributed by atoms with van der Waals surface area (Å²) in [5, 5.41) is 6.94. The van der Waals surface area contributed by atoms with Crippen molar-refractivity contribution in [1.29, 1.82) is 0 Å². The van der Waals surface area contributed by atoms with Gasteiger partial charge in [-0.25, -0.2) is 4.98 Å². The zero-order chi connectivity index (χ0) is 19.5. The van der Waals surface area contributed by atoms with Crippen molar-refractivity contribution in [2.45, 2.75) is 19.4 Å². The smallest absolute Gasteiger partial charge is 0.260 e. The molecule has 1 atom stereocenters. The molecule has 7 heteroatoms. The first-order chi connectivity index (χ1) is 13.7. The number of hydrogen-bond acceptors (Lipinski definition) is 5. The number of methoxy groups -OCH3 is 1. The zero-order valence-corrected chi connectivity index (χ0v) is 17.4. The van der Waals surface area contributed by atoms with Gasteiger partial charge in [-0.2, -0.15) is 0 Å². The number of para-hydroxylation sites is 1. The number of quaternary nitrogens is 1. The number of benzene rings is 1. The van der Waals surface area contributed by atoms with Crippen LogP contribution in [-0.2, 0) is 6.42 Å². The number of hydrogen-bond donors (Lipinski definition) is 2. The molecule has 144 valence electrons. The van der Waals surface area contributed by atoms with E-state index in [4.69, 9.17) is 9.72 Å². The number of ether oxygens (including phenoxy) is 1. The van der Waals surface area contributed by atoms with Crippen molar-refractivity contribution in [1.82, 2.24) is 9.97 Å². The fourth-order valence-corrected chi connectivity index (χ4v) is 5.07. The van der Waals surface area contributed by atoms with Crippen molar-refractivity contribution in [3.8, 4) is 16.2 Å². The molecule has 0 unspecified atom stereocenters. The van der Waals surface area contributed by atoms with E-state index in [1.165, 1.54) is 16.9 Å². The second kappa shape index (κ2) is 8.26. The fourth-order valence-electron chi connectivity index (χ4n) is 3.30. The highest BCUT2D eigenvalue weighted by molar-refractivity contribution is 7.18. The molecule has 1 aromatic carbocycles. The molecular weight excluding hydrogens is 390 g/mol. The summed E-state index contributed by atoms with van der Waals surface area (Å²) in [4.78, 5) is 22.4. The normalized spacial score (nSPS) is 12.4. The van der Waals surface area contributed by atoms with Crippen LogP contribution in [0.25, 0.3) is 20.7 Å². The molecule has 0 aliphatic carbocycles. The maximum absolute atomic E-state index is 12.7. The van der Waals surface area contributed by atoms with Crippen LogP contribution >= 0.6 is 22.7 Å². The van der Waals surface area contributed by atoms with Crippen LogP contribution in [0.15, 0.2) is 52.0 Å². The number of nitrogens with zero attached hydrogens (tertiary/aromatic N) is 1. The van der Waals surface area contributed by atoms with Crippen LogP contribution in [0.2, 0.25) is 0 Å². The van der Waals surface area contributed by atoms with E-state index in [0.717, 1.165) is 39.8 Å². The third kappa shape index (κ3) is 3.73. The SMILES string of the molecule is COc1ccccc1CC[NH2+][C@H](C)c1nc2scc(-c3cccs3)c2c(=O)[nH]1. The number of thiophene rings is 2. The molecule has 0 saturated heterocycles. The summed E-state index contributed by atoms with van der Waals surface area (Å²) in [5.41, 5.74) is 2.10. The molecule has 3 aromatic heterocycles. The highest BCUT2D eigenvalue weighted by atomic mass is 32.1. The van der Waals surface area contributed by atoms with Gasteiger partial charge in [0.25, 0.3) is 5.56 Å². The predicted octanol–water partition coefficient (Wildman–Crippen LogP) is 3.59. The third-order valence-corrected chi connectivity index (χ3v) is 6.58. The van der Waals surface area contributed by atoms with E-state index < -0.39 is 0 Å². The van der Waals surface area contributed by atoms with Crippen LogP contribution in [-0.4, -0.2) is 23.6 Å².